The highest BCUT2D eigenvalue weighted by Crippen LogP contribution is 2.28. The van der Waals surface area contributed by atoms with Crippen LogP contribution in [0.2, 0.25) is 5.02 Å². The number of piperidine rings is 1. The highest BCUT2D eigenvalue weighted by molar-refractivity contribution is 6.30. The second-order valence-corrected chi connectivity index (χ2v) is 7.00. The largest absolute Gasteiger partial charge is 0.339 e. The van der Waals surface area contributed by atoms with Gasteiger partial charge in [0.05, 0.1) is 5.92 Å². The SMILES string of the molecule is O=C(c1cccc(F)c1)N1CCC[C@H](c2nc(-c3ccc(Cl)cc3)no2)C1. The van der Waals surface area contributed by atoms with Crippen LogP contribution in [0, 0.1) is 5.82 Å². The Morgan fingerprint density at radius 1 is 1.22 bits per heavy atom. The van der Waals surface area contributed by atoms with Crippen LogP contribution in [0.15, 0.2) is 53.1 Å². The van der Waals surface area contributed by atoms with Gasteiger partial charge in [-0.05, 0) is 55.3 Å². The molecule has 1 atom stereocenters. The summed E-state index contributed by atoms with van der Waals surface area (Å²) in [4.78, 5) is 18.9. The number of halogens is 2. The number of hydrogen-bond acceptors (Lipinski definition) is 4. The fourth-order valence-corrected chi connectivity index (χ4v) is 3.41. The number of aromatic nitrogens is 2. The number of hydrogen-bond donors (Lipinski definition) is 0. The lowest BCUT2D eigenvalue weighted by Gasteiger charge is -2.31. The lowest BCUT2D eigenvalue weighted by Crippen LogP contribution is -2.39. The highest BCUT2D eigenvalue weighted by atomic mass is 35.5. The van der Waals surface area contributed by atoms with Crippen molar-refractivity contribution in [2.75, 3.05) is 13.1 Å². The van der Waals surface area contributed by atoms with Gasteiger partial charge in [0, 0.05) is 29.2 Å². The van der Waals surface area contributed by atoms with Gasteiger partial charge in [0.25, 0.3) is 5.91 Å². The van der Waals surface area contributed by atoms with Crippen molar-refractivity contribution in [3.05, 3.63) is 70.8 Å². The van der Waals surface area contributed by atoms with Crippen LogP contribution < -0.4 is 0 Å². The van der Waals surface area contributed by atoms with E-state index in [1.54, 1.807) is 29.2 Å². The van der Waals surface area contributed by atoms with E-state index >= 15 is 0 Å². The van der Waals surface area contributed by atoms with Crippen LogP contribution in [0.4, 0.5) is 4.39 Å². The molecule has 0 unspecified atom stereocenters. The van der Waals surface area contributed by atoms with E-state index in [4.69, 9.17) is 16.1 Å². The summed E-state index contributed by atoms with van der Waals surface area (Å²) in [5.74, 6) is 0.368. The molecule has 1 fully saturated rings. The molecular weight excluding hydrogens is 369 g/mol. The summed E-state index contributed by atoms with van der Waals surface area (Å²) in [6, 6.07) is 13.0. The van der Waals surface area contributed by atoms with Gasteiger partial charge in [-0.3, -0.25) is 4.79 Å². The molecule has 1 saturated heterocycles. The molecule has 7 heteroatoms. The molecular formula is C20H17ClFN3O2. The summed E-state index contributed by atoms with van der Waals surface area (Å²) in [5.41, 5.74) is 1.17. The first kappa shape index (κ1) is 17.7. The average molecular weight is 386 g/mol. The summed E-state index contributed by atoms with van der Waals surface area (Å²) in [5, 5.41) is 4.69. The van der Waals surface area contributed by atoms with Crippen molar-refractivity contribution < 1.29 is 13.7 Å². The van der Waals surface area contributed by atoms with Gasteiger partial charge in [0.1, 0.15) is 5.82 Å². The van der Waals surface area contributed by atoms with Crippen molar-refractivity contribution in [3.63, 3.8) is 0 Å². The third-order valence-corrected chi connectivity index (χ3v) is 4.93. The first-order valence-electron chi connectivity index (χ1n) is 8.74. The number of carbonyl (C=O) groups is 1. The minimum Gasteiger partial charge on any atom is -0.339 e. The smallest absolute Gasteiger partial charge is 0.253 e. The summed E-state index contributed by atoms with van der Waals surface area (Å²) in [6.07, 6.45) is 1.68. The molecule has 0 bridgehead atoms. The quantitative estimate of drug-likeness (QED) is 0.663. The predicted molar refractivity (Wildman–Crippen MR) is 99.0 cm³/mol. The van der Waals surface area contributed by atoms with Crippen LogP contribution in [-0.2, 0) is 0 Å². The molecule has 2 aromatic carbocycles. The number of likely N-dealkylation sites (tertiary alicyclic amines) is 1. The molecule has 5 nitrogen and oxygen atoms in total. The second-order valence-electron chi connectivity index (χ2n) is 6.56. The lowest BCUT2D eigenvalue weighted by molar-refractivity contribution is 0.0695. The molecule has 1 aliphatic heterocycles. The van der Waals surface area contributed by atoms with Crippen LogP contribution in [0.3, 0.4) is 0 Å². The standard InChI is InChI=1S/C20H17ClFN3O2/c21-16-8-6-13(7-9-16)18-23-19(27-24-18)15-4-2-10-25(12-15)20(26)14-3-1-5-17(22)11-14/h1,3,5-9,11,15H,2,4,10,12H2/t15-/m0/s1. The van der Waals surface area contributed by atoms with Gasteiger partial charge in [-0.15, -0.1) is 0 Å². The molecule has 2 heterocycles. The topological polar surface area (TPSA) is 59.2 Å². The Hall–Kier alpha value is -2.73. The summed E-state index contributed by atoms with van der Waals surface area (Å²) >= 11 is 5.91. The maximum Gasteiger partial charge on any atom is 0.253 e. The Bertz CT molecular complexity index is 958. The van der Waals surface area contributed by atoms with Crippen molar-refractivity contribution in [3.8, 4) is 11.4 Å². The number of nitrogens with zero attached hydrogens (tertiary/aromatic N) is 3. The second kappa shape index (κ2) is 7.48. The average Bonchev–Trinajstić information content (AvgIpc) is 3.18. The van der Waals surface area contributed by atoms with Crippen molar-refractivity contribution in [1.29, 1.82) is 0 Å². The zero-order valence-electron chi connectivity index (χ0n) is 14.4. The lowest BCUT2D eigenvalue weighted by atomic mass is 9.97. The van der Waals surface area contributed by atoms with E-state index in [-0.39, 0.29) is 11.8 Å². The molecule has 1 amide bonds. The van der Waals surface area contributed by atoms with E-state index in [9.17, 15) is 9.18 Å². The van der Waals surface area contributed by atoms with Gasteiger partial charge in [-0.2, -0.15) is 4.98 Å². The Morgan fingerprint density at radius 3 is 2.81 bits per heavy atom. The Balaban J connectivity index is 1.50. The molecule has 0 spiro atoms. The Morgan fingerprint density at radius 2 is 2.04 bits per heavy atom. The van der Waals surface area contributed by atoms with Crippen molar-refractivity contribution >= 4 is 17.5 Å². The number of amides is 1. The molecule has 0 saturated carbocycles. The van der Waals surface area contributed by atoms with Gasteiger partial charge in [0.2, 0.25) is 11.7 Å². The normalized spacial score (nSPS) is 17.1. The highest BCUT2D eigenvalue weighted by Gasteiger charge is 2.29. The number of rotatable bonds is 3. The van der Waals surface area contributed by atoms with Crippen LogP contribution >= 0.6 is 11.6 Å². The van der Waals surface area contributed by atoms with E-state index in [1.807, 2.05) is 12.1 Å². The van der Waals surface area contributed by atoms with Crippen LogP contribution in [-0.4, -0.2) is 34.0 Å². The molecule has 138 valence electrons. The molecule has 0 N–H and O–H groups in total. The molecule has 0 aliphatic carbocycles. The van der Waals surface area contributed by atoms with Gasteiger partial charge in [-0.25, -0.2) is 4.39 Å². The molecule has 1 aromatic heterocycles. The maximum absolute atomic E-state index is 13.4. The van der Waals surface area contributed by atoms with Gasteiger partial charge in [-0.1, -0.05) is 22.8 Å². The van der Waals surface area contributed by atoms with Gasteiger partial charge >= 0.3 is 0 Å². The van der Waals surface area contributed by atoms with Crippen LogP contribution in [0.1, 0.15) is 35.0 Å². The fourth-order valence-electron chi connectivity index (χ4n) is 3.28. The Labute approximate surface area is 160 Å². The van der Waals surface area contributed by atoms with E-state index in [1.165, 1.54) is 12.1 Å². The third kappa shape index (κ3) is 3.85. The zero-order chi connectivity index (χ0) is 18.8. The monoisotopic (exact) mass is 385 g/mol. The van der Waals surface area contributed by atoms with Crippen LogP contribution in [0.5, 0.6) is 0 Å². The maximum atomic E-state index is 13.4. The molecule has 0 radical (unpaired) electrons. The van der Waals surface area contributed by atoms with E-state index in [0.717, 1.165) is 18.4 Å². The van der Waals surface area contributed by atoms with Crippen molar-refractivity contribution in [1.82, 2.24) is 15.0 Å². The van der Waals surface area contributed by atoms with E-state index in [0.29, 0.717) is 35.4 Å². The minimum atomic E-state index is -0.418. The van der Waals surface area contributed by atoms with Crippen molar-refractivity contribution in [2.45, 2.75) is 18.8 Å². The first-order valence-corrected chi connectivity index (χ1v) is 9.12. The minimum absolute atomic E-state index is 0.0372. The summed E-state index contributed by atoms with van der Waals surface area (Å²) in [7, 11) is 0. The fraction of sp³-hybridized carbons (Fsp3) is 0.250. The predicted octanol–water partition coefficient (Wildman–Crippen LogP) is 4.55. The molecule has 3 aromatic rings. The molecule has 4 rings (SSSR count). The number of benzene rings is 2. The zero-order valence-corrected chi connectivity index (χ0v) is 15.2. The summed E-state index contributed by atoms with van der Waals surface area (Å²) < 4.78 is 18.9. The summed E-state index contributed by atoms with van der Waals surface area (Å²) in [6.45, 7) is 1.10. The third-order valence-electron chi connectivity index (χ3n) is 4.67. The Kier molecular flexibility index (Phi) is 4.90. The van der Waals surface area contributed by atoms with E-state index < -0.39 is 5.82 Å². The van der Waals surface area contributed by atoms with Crippen LogP contribution in [0.25, 0.3) is 11.4 Å². The first-order chi connectivity index (χ1) is 13.1. The van der Waals surface area contributed by atoms with Gasteiger partial charge < -0.3 is 9.42 Å². The molecule has 1 aliphatic rings. The number of carbonyl (C=O) groups excluding carboxylic acids is 1. The van der Waals surface area contributed by atoms with Crippen molar-refractivity contribution in [2.24, 2.45) is 0 Å². The van der Waals surface area contributed by atoms with Gasteiger partial charge in [0.15, 0.2) is 0 Å². The molecule has 27 heavy (non-hydrogen) atoms. The van der Waals surface area contributed by atoms with E-state index in [2.05, 4.69) is 10.1 Å².